The molecule has 0 radical (unpaired) electrons. The van der Waals surface area contributed by atoms with E-state index in [0.29, 0.717) is 12.5 Å². The predicted molar refractivity (Wildman–Crippen MR) is 71.5 cm³/mol. The first-order valence-electron chi connectivity index (χ1n) is 6.59. The first kappa shape index (κ1) is 12.2. The molecule has 1 aliphatic rings. The largest absolute Gasteiger partial charge is 0.383 e. The fourth-order valence-electron chi connectivity index (χ4n) is 2.15. The van der Waals surface area contributed by atoms with Crippen LogP contribution in [0.3, 0.4) is 0 Å². The molecule has 0 spiro atoms. The molecule has 1 N–H and O–H groups in total. The summed E-state index contributed by atoms with van der Waals surface area (Å²) in [6.45, 7) is 4.12. The van der Waals surface area contributed by atoms with Gasteiger partial charge in [0.1, 0.15) is 0 Å². The van der Waals surface area contributed by atoms with Gasteiger partial charge in [-0.25, -0.2) is 0 Å². The number of hydrogen-bond acceptors (Lipinski definition) is 2. The molecule has 1 aromatic rings. The van der Waals surface area contributed by atoms with E-state index in [2.05, 4.69) is 12.2 Å². The SMILES string of the molecule is CCC(=O)c1ccc(NC(C)CC2CC2)cc1. The van der Waals surface area contributed by atoms with Crippen molar-refractivity contribution in [2.24, 2.45) is 5.92 Å². The van der Waals surface area contributed by atoms with Gasteiger partial charge in [-0.1, -0.05) is 19.8 Å². The van der Waals surface area contributed by atoms with Crippen LogP contribution in [0.2, 0.25) is 0 Å². The summed E-state index contributed by atoms with van der Waals surface area (Å²) in [6, 6.07) is 8.37. The molecule has 17 heavy (non-hydrogen) atoms. The van der Waals surface area contributed by atoms with E-state index >= 15 is 0 Å². The molecule has 0 heterocycles. The quantitative estimate of drug-likeness (QED) is 0.753. The number of nitrogens with one attached hydrogen (secondary N) is 1. The smallest absolute Gasteiger partial charge is 0.162 e. The summed E-state index contributed by atoms with van der Waals surface area (Å²) in [5.41, 5.74) is 1.93. The fraction of sp³-hybridized carbons (Fsp3) is 0.533. The lowest BCUT2D eigenvalue weighted by molar-refractivity contribution is 0.0988. The first-order chi connectivity index (χ1) is 8.19. The molecular weight excluding hydrogens is 210 g/mol. The van der Waals surface area contributed by atoms with Gasteiger partial charge >= 0.3 is 0 Å². The molecule has 1 unspecified atom stereocenters. The molecule has 1 aliphatic carbocycles. The van der Waals surface area contributed by atoms with Crippen molar-refractivity contribution in [2.45, 2.75) is 45.6 Å². The Labute approximate surface area is 103 Å². The van der Waals surface area contributed by atoms with Gasteiger partial charge < -0.3 is 5.32 Å². The number of benzene rings is 1. The Kier molecular flexibility index (Phi) is 3.82. The summed E-state index contributed by atoms with van der Waals surface area (Å²) < 4.78 is 0. The van der Waals surface area contributed by atoms with Gasteiger partial charge in [0.05, 0.1) is 0 Å². The van der Waals surface area contributed by atoms with Crippen molar-refractivity contribution >= 4 is 11.5 Å². The summed E-state index contributed by atoms with van der Waals surface area (Å²) >= 11 is 0. The van der Waals surface area contributed by atoms with Crippen LogP contribution in [-0.4, -0.2) is 11.8 Å². The second kappa shape index (κ2) is 5.35. The number of hydrogen-bond donors (Lipinski definition) is 1. The Morgan fingerprint density at radius 1 is 1.35 bits per heavy atom. The normalized spacial score (nSPS) is 16.6. The molecule has 0 aromatic heterocycles. The summed E-state index contributed by atoms with van der Waals surface area (Å²) in [4.78, 5) is 11.5. The van der Waals surface area contributed by atoms with Crippen LogP contribution in [0.4, 0.5) is 5.69 Å². The molecule has 92 valence electrons. The average molecular weight is 231 g/mol. The number of carbonyl (C=O) groups excluding carboxylic acids is 1. The van der Waals surface area contributed by atoms with E-state index in [9.17, 15) is 4.79 Å². The van der Waals surface area contributed by atoms with E-state index in [-0.39, 0.29) is 5.78 Å². The van der Waals surface area contributed by atoms with Gasteiger partial charge in [-0.15, -0.1) is 0 Å². The van der Waals surface area contributed by atoms with E-state index in [1.54, 1.807) is 0 Å². The van der Waals surface area contributed by atoms with E-state index in [1.807, 2.05) is 31.2 Å². The maximum absolute atomic E-state index is 11.5. The lowest BCUT2D eigenvalue weighted by atomic mass is 10.1. The van der Waals surface area contributed by atoms with E-state index in [1.165, 1.54) is 19.3 Å². The lowest BCUT2D eigenvalue weighted by Gasteiger charge is -2.14. The standard InChI is InChI=1S/C15H21NO/c1-3-15(17)13-6-8-14(9-7-13)16-11(2)10-12-4-5-12/h6-9,11-12,16H,3-5,10H2,1-2H3. The van der Waals surface area contributed by atoms with Crippen LogP contribution < -0.4 is 5.32 Å². The molecule has 0 aliphatic heterocycles. The molecule has 2 nitrogen and oxygen atoms in total. The molecule has 2 rings (SSSR count). The molecule has 1 fully saturated rings. The van der Waals surface area contributed by atoms with Gasteiger partial charge in [-0.3, -0.25) is 4.79 Å². The van der Waals surface area contributed by atoms with E-state index in [4.69, 9.17) is 0 Å². The van der Waals surface area contributed by atoms with Crippen molar-refractivity contribution in [1.29, 1.82) is 0 Å². The van der Waals surface area contributed by atoms with Crippen LogP contribution in [0.5, 0.6) is 0 Å². The summed E-state index contributed by atoms with van der Waals surface area (Å²) in [5.74, 6) is 1.15. The minimum Gasteiger partial charge on any atom is -0.383 e. The first-order valence-corrected chi connectivity index (χ1v) is 6.59. The average Bonchev–Trinajstić information content (AvgIpc) is 3.12. The van der Waals surface area contributed by atoms with Crippen LogP contribution in [0, 0.1) is 5.92 Å². The molecule has 1 atom stereocenters. The Morgan fingerprint density at radius 3 is 2.53 bits per heavy atom. The number of rotatable bonds is 6. The molecular formula is C15H21NO. The lowest BCUT2D eigenvalue weighted by Crippen LogP contribution is -2.15. The fourth-order valence-corrected chi connectivity index (χ4v) is 2.15. The van der Waals surface area contributed by atoms with E-state index < -0.39 is 0 Å². The summed E-state index contributed by atoms with van der Waals surface area (Å²) in [5, 5.41) is 3.49. The Hall–Kier alpha value is -1.31. The van der Waals surface area contributed by atoms with Crippen molar-refractivity contribution in [3.05, 3.63) is 29.8 Å². The molecule has 0 amide bonds. The maximum Gasteiger partial charge on any atom is 0.162 e. The molecule has 0 saturated heterocycles. The topological polar surface area (TPSA) is 29.1 Å². The van der Waals surface area contributed by atoms with Crippen LogP contribution in [0.15, 0.2) is 24.3 Å². The van der Waals surface area contributed by atoms with E-state index in [0.717, 1.165) is 17.2 Å². The summed E-state index contributed by atoms with van der Waals surface area (Å²) in [7, 11) is 0. The van der Waals surface area contributed by atoms with Crippen molar-refractivity contribution < 1.29 is 4.79 Å². The van der Waals surface area contributed by atoms with Crippen LogP contribution in [0.25, 0.3) is 0 Å². The second-order valence-electron chi connectivity index (χ2n) is 5.08. The third-order valence-electron chi connectivity index (χ3n) is 3.32. The Morgan fingerprint density at radius 2 is 2.00 bits per heavy atom. The van der Waals surface area contributed by atoms with Crippen LogP contribution in [-0.2, 0) is 0 Å². The number of anilines is 1. The zero-order valence-electron chi connectivity index (χ0n) is 10.7. The van der Waals surface area contributed by atoms with Gasteiger partial charge in [0.2, 0.25) is 0 Å². The highest BCUT2D eigenvalue weighted by Crippen LogP contribution is 2.34. The van der Waals surface area contributed by atoms with Gasteiger partial charge in [-0.2, -0.15) is 0 Å². The Bertz CT molecular complexity index is 378. The Balaban J connectivity index is 1.90. The van der Waals surface area contributed by atoms with Crippen molar-refractivity contribution in [3.8, 4) is 0 Å². The monoisotopic (exact) mass is 231 g/mol. The van der Waals surface area contributed by atoms with Crippen molar-refractivity contribution in [2.75, 3.05) is 5.32 Å². The van der Waals surface area contributed by atoms with Crippen LogP contribution in [0.1, 0.15) is 49.9 Å². The predicted octanol–water partition coefficient (Wildman–Crippen LogP) is 3.88. The number of Topliss-reactive ketones (excluding diaryl/α,β-unsaturated/α-hetero) is 1. The minimum atomic E-state index is 0.211. The van der Waals surface area contributed by atoms with Crippen molar-refractivity contribution in [3.63, 3.8) is 0 Å². The minimum absolute atomic E-state index is 0.211. The third-order valence-corrected chi connectivity index (χ3v) is 3.32. The zero-order valence-corrected chi connectivity index (χ0v) is 10.7. The zero-order chi connectivity index (χ0) is 12.3. The third kappa shape index (κ3) is 3.58. The maximum atomic E-state index is 11.5. The van der Waals surface area contributed by atoms with Crippen LogP contribution >= 0.6 is 0 Å². The van der Waals surface area contributed by atoms with Gasteiger partial charge in [0.15, 0.2) is 5.78 Å². The highest BCUT2D eigenvalue weighted by atomic mass is 16.1. The summed E-state index contributed by atoms with van der Waals surface area (Å²) in [6.07, 6.45) is 4.63. The van der Waals surface area contributed by atoms with Gasteiger partial charge in [0.25, 0.3) is 0 Å². The second-order valence-corrected chi connectivity index (χ2v) is 5.08. The molecule has 1 aromatic carbocycles. The van der Waals surface area contributed by atoms with Gasteiger partial charge in [-0.05, 0) is 43.5 Å². The number of carbonyl (C=O) groups is 1. The van der Waals surface area contributed by atoms with Crippen molar-refractivity contribution in [1.82, 2.24) is 0 Å². The molecule has 2 heteroatoms. The number of ketones is 1. The highest BCUT2D eigenvalue weighted by molar-refractivity contribution is 5.96. The molecule has 0 bridgehead atoms. The highest BCUT2D eigenvalue weighted by Gasteiger charge is 2.23. The van der Waals surface area contributed by atoms with Gasteiger partial charge in [0, 0.05) is 23.7 Å². The molecule has 1 saturated carbocycles.